The van der Waals surface area contributed by atoms with Gasteiger partial charge < -0.3 is 15.5 Å². The molecule has 3 rings (SSSR count). The number of nitrogens with zero attached hydrogens (tertiary/aromatic N) is 1. The summed E-state index contributed by atoms with van der Waals surface area (Å²) in [4.78, 5) is 13.7. The van der Waals surface area contributed by atoms with Crippen LogP contribution in [0.2, 0.25) is 0 Å². The van der Waals surface area contributed by atoms with Crippen LogP contribution in [0.25, 0.3) is 0 Å². The second-order valence-corrected chi connectivity index (χ2v) is 4.09. The van der Waals surface area contributed by atoms with Crippen LogP contribution in [0.1, 0.15) is 15.9 Å². The minimum atomic E-state index is 0.0558. The van der Waals surface area contributed by atoms with Crippen molar-refractivity contribution < 1.29 is 4.79 Å². The van der Waals surface area contributed by atoms with Crippen molar-refractivity contribution in [2.75, 3.05) is 24.3 Å². The monoisotopic (exact) mass is 215 g/mol. The number of allylic oxidation sites excluding steroid dienone is 1. The summed E-state index contributed by atoms with van der Waals surface area (Å²) < 4.78 is 0. The first-order chi connectivity index (χ1) is 7.75. The van der Waals surface area contributed by atoms with E-state index in [-0.39, 0.29) is 5.91 Å². The Morgan fingerprint density at radius 3 is 2.81 bits per heavy atom. The summed E-state index contributed by atoms with van der Waals surface area (Å²) >= 11 is 0. The fraction of sp³-hybridized carbons (Fsp3) is 0.250. The topological polar surface area (TPSA) is 44.4 Å². The minimum Gasteiger partial charge on any atom is -0.366 e. The number of hydrogen-bond donors (Lipinski definition) is 2. The van der Waals surface area contributed by atoms with Gasteiger partial charge >= 0.3 is 0 Å². The molecule has 0 fully saturated rings. The SMILES string of the molecule is CN1C=CCc2cc3c(cc2C1=O)NCN3. The van der Waals surface area contributed by atoms with E-state index in [0.29, 0.717) is 0 Å². The van der Waals surface area contributed by atoms with Crippen molar-refractivity contribution >= 4 is 17.3 Å². The molecular weight excluding hydrogens is 202 g/mol. The van der Waals surface area contributed by atoms with Crippen molar-refractivity contribution in [2.24, 2.45) is 0 Å². The van der Waals surface area contributed by atoms with Crippen LogP contribution >= 0.6 is 0 Å². The van der Waals surface area contributed by atoms with Gasteiger partial charge in [0.1, 0.15) is 0 Å². The van der Waals surface area contributed by atoms with Gasteiger partial charge in [0.25, 0.3) is 5.91 Å². The van der Waals surface area contributed by atoms with E-state index in [2.05, 4.69) is 16.7 Å². The van der Waals surface area contributed by atoms with E-state index < -0.39 is 0 Å². The molecule has 0 saturated heterocycles. The summed E-state index contributed by atoms with van der Waals surface area (Å²) in [6, 6.07) is 4.00. The molecule has 0 saturated carbocycles. The maximum Gasteiger partial charge on any atom is 0.257 e. The number of anilines is 2. The van der Waals surface area contributed by atoms with Gasteiger partial charge in [-0.1, -0.05) is 6.08 Å². The highest BCUT2D eigenvalue weighted by atomic mass is 16.2. The van der Waals surface area contributed by atoms with Gasteiger partial charge in [0.05, 0.1) is 18.0 Å². The summed E-state index contributed by atoms with van der Waals surface area (Å²) in [5, 5.41) is 6.44. The summed E-state index contributed by atoms with van der Waals surface area (Å²) in [6.45, 7) is 0.734. The first-order valence-corrected chi connectivity index (χ1v) is 5.34. The van der Waals surface area contributed by atoms with E-state index in [1.165, 1.54) is 0 Å². The lowest BCUT2D eigenvalue weighted by Gasteiger charge is -2.12. The molecule has 4 heteroatoms. The van der Waals surface area contributed by atoms with Crippen molar-refractivity contribution in [3.63, 3.8) is 0 Å². The van der Waals surface area contributed by atoms with Crippen LogP contribution in [0.15, 0.2) is 24.4 Å². The zero-order chi connectivity index (χ0) is 11.1. The molecule has 2 heterocycles. The molecule has 0 radical (unpaired) electrons. The molecule has 0 unspecified atom stereocenters. The predicted molar refractivity (Wildman–Crippen MR) is 63.5 cm³/mol. The van der Waals surface area contributed by atoms with Crippen LogP contribution < -0.4 is 10.6 Å². The van der Waals surface area contributed by atoms with Crippen LogP contribution in [0.5, 0.6) is 0 Å². The Hall–Kier alpha value is -1.97. The van der Waals surface area contributed by atoms with E-state index in [9.17, 15) is 4.79 Å². The molecule has 0 aliphatic carbocycles. The summed E-state index contributed by atoms with van der Waals surface area (Å²) in [6.07, 6.45) is 4.65. The van der Waals surface area contributed by atoms with Crippen LogP contribution in [0.3, 0.4) is 0 Å². The molecular formula is C12H13N3O. The highest BCUT2D eigenvalue weighted by molar-refractivity contribution is 5.99. The average molecular weight is 215 g/mol. The lowest BCUT2D eigenvalue weighted by molar-refractivity contribution is 0.0851. The molecule has 0 aromatic heterocycles. The molecule has 1 aromatic rings. The molecule has 1 aromatic carbocycles. The highest BCUT2D eigenvalue weighted by Crippen LogP contribution is 2.31. The third kappa shape index (κ3) is 1.26. The van der Waals surface area contributed by atoms with Gasteiger partial charge in [-0.3, -0.25) is 4.79 Å². The van der Waals surface area contributed by atoms with Crippen LogP contribution in [-0.2, 0) is 6.42 Å². The smallest absolute Gasteiger partial charge is 0.257 e. The van der Waals surface area contributed by atoms with Crippen molar-refractivity contribution in [2.45, 2.75) is 6.42 Å². The molecule has 2 N–H and O–H groups in total. The highest BCUT2D eigenvalue weighted by Gasteiger charge is 2.20. The minimum absolute atomic E-state index is 0.0558. The quantitative estimate of drug-likeness (QED) is 0.691. The van der Waals surface area contributed by atoms with E-state index in [0.717, 1.165) is 35.6 Å². The molecule has 16 heavy (non-hydrogen) atoms. The zero-order valence-corrected chi connectivity index (χ0v) is 9.08. The summed E-state index contributed by atoms with van der Waals surface area (Å²) in [5.74, 6) is 0.0558. The third-order valence-electron chi connectivity index (χ3n) is 3.02. The van der Waals surface area contributed by atoms with Gasteiger partial charge in [0.2, 0.25) is 0 Å². The van der Waals surface area contributed by atoms with Gasteiger partial charge in [0, 0.05) is 18.8 Å². The van der Waals surface area contributed by atoms with E-state index >= 15 is 0 Å². The standard InChI is InChI=1S/C12H13N3O/c1-15-4-2-3-8-5-10-11(14-7-13-10)6-9(8)12(15)16/h2,4-6,13-14H,3,7H2,1H3. The van der Waals surface area contributed by atoms with E-state index in [1.54, 1.807) is 11.9 Å². The predicted octanol–water partition coefficient (Wildman–Crippen LogP) is 1.62. The molecule has 1 amide bonds. The first-order valence-electron chi connectivity index (χ1n) is 5.34. The lowest BCUT2D eigenvalue weighted by atomic mass is 10.0. The number of hydrogen-bond acceptors (Lipinski definition) is 3. The Morgan fingerprint density at radius 1 is 1.25 bits per heavy atom. The van der Waals surface area contributed by atoms with Crippen LogP contribution in [-0.4, -0.2) is 24.5 Å². The van der Waals surface area contributed by atoms with Crippen molar-refractivity contribution in [1.29, 1.82) is 0 Å². The van der Waals surface area contributed by atoms with Gasteiger partial charge in [-0.15, -0.1) is 0 Å². The number of carbonyl (C=O) groups excluding carboxylic acids is 1. The maximum absolute atomic E-state index is 12.1. The number of nitrogens with one attached hydrogen (secondary N) is 2. The largest absolute Gasteiger partial charge is 0.366 e. The Balaban J connectivity index is 2.15. The molecule has 2 aliphatic heterocycles. The number of benzene rings is 1. The molecule has 0 atom stereocenters. The Kier molecular flexibility index (Phi) is 1.89. The van der Waals surface area contributed by atoms with Crippen molar-refractivity contribution in [1.82, 2.24) is 4.90 Å². The fourth-order valence-electron chi connectivity index (χ4n) is 2.14. The normalized spacial score (nSPS) is 17.3. The van der Waals surface area contributed by atoms with E-state index in [4.69, 9.17) is 0 Å². The second kappa shape index (κ2) is 3.27. The summed E-state index contributed by atoms with van der Waals surface area (Å²) in [5.41, 5.74) is 3.98. The molecule has 0 spiro atoms. The molecule has 82 valence electrons. The lowest BCUT2D eigenvalue weighted by Crippen LogP contribution is -2.20. The van der Waals surface area contributed by atoms with Crippen molar-refractivity contribution in [3.8, 4) is 0 Å². The molecule has 0 bridgehead atoms. The van der Waals surface area contributed by atoms with Crippen LogP contribution in [0.4, 0.5) is 11.4 Å². The average Bonchev–Trinajstić information content (AvgIpc) is 2.68. The fourth-order valence-corrected chi connectivity index (χ4v) is 2.14. The molecule has 4 nitrogen and oxygen atoms in total. The van der Waals surface area contributed by atoms with E-state index in [1.807, 2.05) is 18.3 Å². The number of fused-ring (bicyclic) bond motifs is 2. The number of rotatable bonds is 0. The maximum atomic E-state index is 12.1. The van der Waals surface area contributed by atoms with Gasteiger partial charge in [-0.25, -0.2) is 0 Å². The van der Waals surface area contributed by atoms with Crippen molar-refractivity contribution in [3.05, 3.63) is 35.5 Å². The second-order valence-electron chi connectivity index (χ2n) is 4.09. The summed E-state index contributed by atoms with van der Waals surface area (Å²) in [7, 11) is 1.78. The Morgan fingerprint density at radius 2 is 2.00 bits per heavy atom. The number of amides is 1. The Bertz CT molecular complexity index is 493. The third-order valence-corrected chi connectivity index (χ3v) is 3.02. The Labute approximate surface area is 93.9 Å². The van der Waals surface area contributed by atoms with Crippen LogP contribution in [0, 0.1) is 0 Å². The first kappa shape index (κ1) is 9.27. The zero-order valence-electron chi connectivity index (χ0n) is 9.08. The van der Waals surface area contributed by atoms with Gasteiger partial charge in [-0.2, -0.15) is 0 Å². The molecule has 2 aliphatic rings. The van der Waals surface area contributed by atoms with Gasteiger partial charge in [-0.05, 0) is 24.1 Å². The number of carbonyl (C=O) groups is 1. The van der Waals surface area contributed by atoms with Gasteiger partial charge in [0.15, 0.2) is 0 Å².